The average Bonchev–Trinajstić information content (AvgIpc) is 3.19. The van der Waals surface area contributed by atoms with Gasteiger partial charge in [0.1, 0.15) is 0 Å². The fourth-order valence-electron chi connectivity index (χ4n) is 2.37. The molecular formula is C20H25N3O2S. The lowest BCUT2D eigenvalue weighted by Gasteiger charge is -2.06. The first kappa shape index (κ1) is 19.8. The number of hydrazone groups is 1. The molecule has 2 aromatic rings. The smallest absolute Gasteiger partial charge is 0.265 e. The zero-order valence-electron chi connectivity index (χ0n) is 15.2. The lowest BCUT2D eigenvalue weighted by Crippen LogP contribution is -2.18. The van der Waals surface area contributed by atoms with Crippen molar-refractivity contribution in [1.29, 1.82) is 0 Å². The number of carbonyl (C=O) groups is 2. The summed E-state index contributed by atoms with van der Waals surface area (Å²) in [6, 6.07) is 11.0. The lowest BCUT2D eigenvalue weighted by molar-refractivity contribution is -0.121. The topological polar surface area (TPSA) is 70.6 Å². The third-order valence-corrected chi connectivity index (χ3v) is 4.78. The van der Waals surface area contributed by atoms with Crippen LogP contribution in [0.5, 0.6) is 0 Å². The molecule has 0 fully saturated rings. The minimum atomic E-state index is -0.117. The molecule has 1 aromatic carbocycles. The van der Waals surface area contributed by atoms with Gasteiger partial charge in [0.05, 0.1) is 10.6 Å². The Kier molecular flexibility index (Phi) is 8.02. The summed E-state index contributed by atoms with van der Waals surface area (Å²) in [5.74, 6) is -0.172. The standard InChI is InChI=1S/C20H25N3O2S/c1-3-4-5-6-9-19(24)23-22-15(2)16-10-12-17(13-11-16)21-20(25)18-8-7-14-26-18/h7-8,10-14H,3-6,9H2,1-2H3,(H,21,25)(H,23,24). The molecule has 0 saturated carbocycles. The van der Waals surface area contributed by atoms with Crippen LogP contribution in [-0.4, -0.2) is 17.5 Å². The summed E-state index contributed by atoms with van der Waals surface area (Å²) in [7, 11) is 0. The maximum absolute atomic E-state index is 12.0. The zero-order chi connectivity index (χ0) is 18.8. The van der Waals surface area contributed by atoms with Crippen LogP contribution in [0.1, 0.15) is 61.2 Å². The Hall–Kier alpha value is -2.47. The summed E-state index contributed by atoms with van der Waals surface area (Å²) in [5.41, 5.74) is 4.94. The molecule has 26 heavy (non-hydrogen) atoms. The van der Waals surface area contributed by atoms with Crippen LogP contribution in [0.2, 0.25) is 0 Å². The van der Waals surface area contributed by atoms with Crippen LogP contribution >= 0.6 is 11.3 Å². The van der Waals surface area contributed by atoms with Crippen LogP contribution < -0.4 is 10.7 Å². The van der Waals surface area contributed by atoms with E-state index in [1.165, 1.54) is 11.3 Å². The molecule has 0 aliphatic heterocycles. The number of unbranched alkanes of at least 4 members (excludes halogenated alkanes) is 3. The minimum absolute atomic E-state index is 0.0553. The fourth-order valence-corrected chi connectivity index (χ4v) is 2.99. The largest absolute Gasteiger partial charge is 0.321 e. The van der Waals surface area contributed by atoms with Gasteiger partial charge in [-0.1, -0.05) is 44.4 Å². The third kappa shape index (κ3) is 6.44. The number of carbonyl (C=O) groups excluding carboxylic acids is 2. The first-order valence-corrected chi connectivity index (χ1v) is 9.76. The molecule has 0 aliphatic rings. The van der Waals surface area contributed by atoms with E-state index in [4.69, 9.17) is 0 Å². The van der Waals surface area contributed by atoms with Gasteiger partial charge in [-0.2, -0.15) is 5.10 Å². The van der Waals surface area contributed by atoms with Gasteiger partial charge in [-0.3, -0.25) is 9.59 Å². The van der Waals surface area contributed by atoms with Gasteiger partial charge in [0.25, 0.3) is 5.91 Å². The molecule has 0 bridgehead atoms. The van der Waals surface area contributed by atoms with Crippen molar-refractivity contribution in [2.75, 3.05) is 5.32 Å². The highest BCUT2D eigenvalue weighted by Gasteiger charge is 2.07. The molecule has 0 atom stereocenters. The summed E-state index contributed by atoms with van der Waals surface area (Å²) in [6.45, 7) is 3.99. The van der Waals surface area contributed by atoms with Crippen molar-refractivity contribution < 1.29 is 9.59 Å². The highest BCUT2D eigenvalue weighted by atomic mass is 32.1. The highest BCUT2D eigenvalue weighted by Crippen LogP contribution is 2.14. The van der Waals surface area contributed by atoms with Crippen LogP contribution in [0.15, 0.2) is 46.9 Å². The van der Waals surface area contributed by atoms with Gasteiger partial charge in [-0.05, 0) is 42.5 Å². The summed E-state index contributed by atoms with van der Waals surface area (Å²) in [5, 5.41) is 8.88. The monoisotopic (exact) mass is 371 g/mol. The highest BCUT2D eigenvalue weighted by molar-refractivity contribution is 7.12. The second kappa shape index (κ2) is 10.5. The first-order valence-electron chi connectivity index (χ1n) is 8.88. The predicted molar refractivity (Wildman–Crippen MR) is 108 cm³/mol. The molecular weight excluding hydrogens is 346 g/mol. The second-order valence-electron chi connectivity index (χ2n) is 6.05. The van der Waals surface area contributed by atoms with Crippen LogP contribution in [0.25, 0.3) is 0 Å². The second-order valence-corrected chi connectivity index (χ2v) is 7.00. The molecule has 2 amide bonds. The van der Waals surface area contributed by atoms with E-state index in [-0.39, 0.29) is 11.8 Å². The fraction of sp³-hybridized carbons (Fsp3) is 0.350. The molecule has 2 N–H and O–H groups in total. The molecule has 1 heterocycles. The van der Waals surface area contributed by atoms with E-state index in [9.17, 15) is 9.59 Å². The van der Waals surface area contributed by atoms with E-state index < -0.39 is 0 Å². The number of amides is 2. The predicted octanol–water partition coefficient (Wildman–Crippen LogP) is 4.81. The van der Waals surface area contributed by atoms with E-state index in [0.717, 1.165) is 42.6 Å². The van der Waals surface area contributed by atoms with Gasteiger partial charge < -0.3 is 5.32 Å². The van der Waals surface area contributed by atoms with Crippen LogP contribution in [0.3, 0.4) is 0 Å². The quantitative estimate of drug-likeness (QED) is 0.377. The molecule has 2 rings (SSSR count). The number of nitrogens with zero attached hydrogens (tertiary/aromatic N) is 1. The van der Waals surface area contributed by atoms with Crippen LogP contribution in [0.4, 0.5) is 5.69 Å². The molecule has 5 nitrogen and oxygen atoms in total. The summed E-state index contributed by atoms with van der Waals surface area (Å²) < 4.78 is 0. The van der Waals surface area contributed by atoms with Crippen molar-refractivity contribution in [3.05, 3.63) is 52.2 Å². The van der Waals surface area contributed by atoms with E-state index in [0.29, 0.717) is 11.3 Å². The maximum atomic E-state index is 12.0. The van der Waals surface area contributed by atoms with Crippen molar-refractivity contribution in [2.45, 2.75) is 46.0 Å². The molecule has 0 spiro atoms. The zero-order valence-corrected chi connectivity index (χ0v) is 16.1. The van der Waals surface area contributed by atoms with E-state index in [2.05, 4.69) is 22.8 Å². The van der Waals surface area contributed by atoms with Crippen molar-refractivity contribution in [3.8, 4) is 0 Å². The number of rotatable bonds is 9. The molecule has 0 saturated heterocycles. The Morgan fingerprint density at radius 3 is 2.50 bits per heavy atom. The third-order valence-electron chi connectivity index (χ3n) is 3.91. The van der Waals surface area contributed by atoms with Crippen molar-refractivity contribution in [1.82, 2.24) is 5.43 Å². The van der Waals surface area contributed by atoms with Gasteiger partial charge in [-0.25, -0.2) is 5.43 Å². The number of nitrogens with one attached hydrogen (secondary N) is 2. The lowest BCUT2D eigenvalue weighted by atomic mass is 10.1. The summed E-state index contributed by atoms with van der Waals surface area (Å²) >= 11 is 1.40. The summed E-state index contributed by atoms with van der Waals surface area (Å²) in [4.78, 5) is 24.5. The SMILES string of the molecule is CCCCCCC(=O)NN=C(C)c1ccc(NC(=O)c2cccs2)cc1. The number of benzene rings is 1. The van der Waals surface area contributed by atoms with Crippen molar-refractivity contribution in [2.24, 2.45) is 5.10 Å². The molecule has 138 valence electrons. The van der Waals surface area contributed by atoms with Gasteiger partial charge in [0.15, 0.2) is 0 Å². The first-order chi connectivity index (χ1) is 12.6. The van der Waals surface area contributed by atoms with E-state index in [1.54, 1.807) is 6.07 Å². The Morgan fingerprint density at radius 1 is 1.08 bits per heavy atom. The van der Waals surface area contributed by atoms with Crippen LogP contribution in [-0.2, 0) is 4.79 Å². The van der Waals surface area contributed by atoms with Gasteiger partial charge in [0.2, 0.25) is 5.91 Å². The van der Waals surface area contributed by atoms with E-state index >= 15 is 0 Å². The van der Waals surface area contributed by atoms with Crippen molar-refractivity contribution >= 4 is 34.6 Å². The van der Waals surface area contributed by atoms with Gasteiger partial charge >= 0.3 is 0 Å². The van der Waals surface area contributed by atoms with Gasteiger partial charge in [0, 0.05) is 12.1 Å². The number of hydrogen-bond acceptors (Lipinski definition) is 4. The maximum Gasteiger partial charge on any atom is 0.265 e. The number of anilines is 1. The normalized spacial score (nSPS) is 11.2. The Morgan fingerprint density at radius 2 is 1.85 bits per heavy atom. The number of hydrogen-bond donors (Lipinski definition) is 2. The Bertz CT molecular complexity index is 737. The average molecular weight is 372 g/mol. The summed E-state index contributed by atoms with van der Waals surface area (Å²) in [6.07, 6.45) is 4.79. The number of thiophene rings is 1. The Balaban J connectivity index is 1.84. The Labute approximate surface area is 158 Å². The molecule has 0 radical (unpaired) electrons. The van der Waals surface area contributed by atoms with Crippen LogP contribution in [0, 0.1) is 0 Å². The molecule has 0 aliphatic carbocycles. The van der Waals surface area contributed by atoms with Gasteiger partial charge in [-0.15, -0.1) is 11.3 Å². The molecule has 6 heteroatoms. The molecule has 0 unspecified atom stereocenters. The molecule has 1 aromatic heterocycles. The van der Waals surface area contributed by atoms with E-state index in [1.807, 2.05) is 42.6 Å². The van der Waals surface area contributed by atoms with Crippen molar-refractivity contribution in [3.63, 3.8) is 0 Å². The minimum Gasteiger partial charge on any atom is -0.321 e.